The second-order valence-corrected chi connectivity index (χ2v) is 24.0. The number of aliphatic hydroxyl groups is 2. The fourth-order valence-electron chi connectivity index (χ4n) is 11.4. The zero-order valence-corrected chi connectivity index (χ0v) is 50.0. The highest BCUT2D eigenvalue weighted by atomic mass is 16.3. The summed E-state index contributed by atoms with van der Waals surface area (Å²) in [6.07, 6.45) is 84.5. The Morgan fingerprint density at radius 3 is 0.625 bits per heavy atom. The Balaban J connectivity index is 3.36. The lowest BCUT2D eigenvalue weighted by molar-refractivity contribution is -0.123. The molecule has 0 rings (SSSR count). The number of nitrogens with one attached hydrogen (secondary N) is 1. The first-order chi connectivity index (χ1) is 35.7. The van der Waals surface area contributed by atoms with Gasteiger partial charge in [0, 0.05) is 6.42 Å². The molecule has 4 heteroatoms. The number of rotatable bonds is 65. The van der Waals surface area contributed by atoms with Crippen LogP contribution in [0.4, 0.5) is 0 Å². The Hall–Kier alpha value is -0.610. The summed E-state index contributed by atoms with van der Waals surface area (Å²) in [5, 5.41) is 23.5. The normalized spacial score (nSPS) is 12.6. The van der Waals surface area contributed by atoms with Crippen LogP contribution in [0.25, 0.3) is 0 Å². The van der Waals surface area contributed by atoms with Crippen molar-refractivity contribution in [3.8, 4) is 0 Å². The third-order valence-corrected chi connectivity index (χ3v) is 16.6. The molecule has 72 heavy (non-hydrogen) atoms. The molecule has 0 fully saturated rings. The first kappa shape index (κ1) is 71.4. The molecule has 3 N–H and O–H groups in total. The van der Waals surface area contributed by atoms with Gasteiger partial charge in [0.05, 0.1) is 18.8 Å². The summed E-state index contributed by atoms with van der Waals surface area (Å²) in [5.74, 6) is -0.0196. The van der Waals surface area contributed by atoms with Gasteiger partial charge >= 0.3 is 0 Å². The topological polar surface area (TPSA) is 69.6 Å². The van der Waals surface area contributed by atoms with Crippen molar-refractivity contribution in [2.24, 2.45) is 0 Å². The average Bonchev–Trinajstić information content (AvgIpc) is 3.39. The zero-order valence-electron chi connectivity index (χ0n) is 50.0. The molecule has 1 amide bonds. The number of aliphatic hydroxyl groups excluding tert-OH is 2. The summed E-state index contributed by atoms with van der Waals surface area (Å²) in [6.45, 7) is 4.42. The molecule has 0 aliphatic rings. The van der Waals surface area contributed by atoms with Gasteiger partial charge in [0.25, 0.3) is 0 Å². The van der Waals surface area contributed by atoms with Gasteiger partial charge in [-0.2, -0.15) is 0 Å². The van der Waals surface area contributed by atoms with Crippen LogP contribution in [-0.4, -0.2) is 34.9 Å². The molecule has 0 spiro atoms. The molecule has 0 bridgehead atoms. The molecule has 0 aromatic carbocycles. The summed E-state index contributed by atoms with van der Waals surface area (Å²) in [6, 6.07) is -0.533. The number of carbonyl (C=O) groups excluding carboxylic acids is 1. The van der Waals surface area contributed by atoms with Crippen molar-refractivity contribution >= 4 is 5.91 Å². The maximum absolute atomic E-state index is 12.5. The Morgan fingerprint density at radius 1 is 0.278 bits per heavy atom. The third-order valence-electron chi connectivity index (χ3n) is 16.6. The molecule has 4 nitrogen and oxygen atoms in total. The van der Waals surface area contributed by atoms with Crippen LogP contribution in [0, 0.1) is 0 Å². The van der Waals surface area contributed by atoms with Crippen LogP contribution in [0.5, 0.6) is 0 Å². The summed E-state index contributed by atoms with van der Waals surface area (Å²) in [5.41, 5.74) is 0. The van der Waals surface area contributed by atoms with E-state index in [1.54, 1.807) is 0 Å². The number of unbranched alkanes of at least 4 members (excludes halogenated alkanes) is 58. The van der Waals surface area contributed by atoms with Gasteiger partial charge in [-0.15, -0.1) is 0 Å². The molecular weight excluding hydrogens is 879 g/mol. The SMILES string of the molecule is CCCCCCCCCCCCCCCCCCCCCCCCCCCCCCCCCCCC(O)C(CO)NC(=O)CCCCCCCCCCCCCCCCCCCCCCCCCCCCC. The standard InChI is InChI=1S/C68H137NO3/c1-3-5-7-9-11-13-15-17-19-21-23-25-27-29-31-32-33-34-35-36-38-39-41-43-45-47-49-51-53-55-57-59-61-63-67(71)66(65-70)69-68(72)64-62-60-58-56-54-52-50-48-46-44-42-40-37-30-28-26-24-22-20-18-16-14-12-10-8-6-4-2/h66-67,70-71H,3-65H2,1-2H3,(H,69,72). The van der Waals surface area contributed by atoms with Crippen LogP contribution in [0.1, 0.15) is 412 Å². The highest BCUT2D eigenvalue weighted by Gasteiger charge is 2.20. The van der Waals surface area contributed by atoms with E-state index < -0.39 is 12.1 Å². The summed E-state index contributed by atoms with van der Waals surface area (Å²) in [4.78, 5) is 12.5. The van der Waals surface area contributed by atoms with Gasteiger partial charge in [0.1, 0.15) is 0 Å². The molecule has 0 aliphatic heterocycles. The first-order valence-electron chi connectivity index (χ1n) is 34.2. The summed E-state index contributed by atoms with van der Waals surface area (Å²) >= 11 is 0. The Bertz CT molecular complexity index is 971. The van der Waals surface area contributed by atoms with Gasteiger partial charge in [-0.25, -0.2) is 0 Å². The molecule has 0 saturated carbocycles. The van der Waals surface area contributed by atoms with E-state index in [-0.39, 0.29) is 12.5 Å². The minimum atomic E-state index is -0.656. The number of hydrogen-bond donors (Lipinski definition) is 3. The van der Waals surface area contributed by atoms with Crippen LogP contribution < -0.4 is 5.32 Å². The van der Waals surface area contributed by atoms with Gasteiger partial charge in [-0.3, -0.25) is 4.79 Å². The maximum Gasteiger partial charge on any atom is 0.220 e. The monoisotopic (exact) mass is 1020 g/mol. The Labute approximate surface area is 454 Å². The van der Waals surface area contributed by atoms with Crippen molar-refractivity contribution < 1.29 is 15.0 Å². The fourth-order valence-corrected chi connectivity index (χ4v) is 11.4. The van der Waals surface area contributed by atoms with E-state index in [1.165, 1.54) is 360 Å². The first-order valence-corrected chi connectivity index (χ1v) is 34.2. The second-order valence-electron chi connectivity index (χ2n) is 24.0. The predicted molar refractivity (Wildman–Crippen MR) is 323 cm³/mol. The van der Waals surface area contributed by atoms with E-state index in [9.17, 15) is 15.0 Å². The molecule has 0 heterocycles. The molecule has 2 atom stereocenters. The quantitative estimate of drug-likeness (QED) is 0.0532. The van der Waals surface area contributed by atoms with Crippen LogP contribution in [0.3, 0.4) is 0 Å². The molecule has 0 aliphatic carbocycles. The lowest BCUT2D eigenvalue weighted by Gasteiger charge is -2.22. The number of amides is 1. The fraction of sp³-hybridized carbons (Fsp3) is 0.985. The molecule has 2 unspecified atom stereocenters. The van der Waals surface area contributed by atoms with Crippen molar-refractivity contribution in [1.29, 1.82) is 0 Å². The molecule has 0 saturated heterocycles. The van der Waals surface area contributed by atoms with Gasteiger partial charge < -0.3 is 15.5 Å². The number of carbonyl (C=O) groups is 1. The van der Waals surface area contributed by atoms with E-state index >= 15 is 0 Å². The molecule has 0 aromatic rings. The highest BCUT2D eigenvalue weighted by Crippen LogP contribution is 2.20. The van der Waals surface area contributed by atoms with Crippen molar-refractivity contribution in [3.05, 3.63) is 0 Å². The van der Waals surface area contributed by atoms with Gasteiger partial charge in [0.15, 0.2) is 0 Å². The van der Waals surface area contributed by atoms with Crippen molar-refractivity contribution in [2.45, 2.75) is 424 Å². The van der Waals surface area contributed by atoms with Crippen molar-refractivity contribution in [3.63, 3.8) is 0 Å². The molecule has 0 aromatic heterocycles. The van der Waals surface area contributed by atoms with E-state index in [4.69, 9.17) is 0 Å². The minimum absolute atomic E-state index is 0.0196. The maximum atomic E-state index is 12.5. The lowest BCUT2D eigenvalue weighted by Crippen LogP contribution is -2.45. The van der Waals surface area contributed by atoms with Gasteiger partial charge in [-0.05, 0) is 12.8 Å². The molecule has 0 radical (unpaired) electrons. The van der Waals surface area contributed by atoms with E-state index in [0.29, 0.717) is 12.8 Å². The predicted octanol–water partition coefficient (Wildman–Crippen LogP) is 23.1. The largest absolute Gasteiger partial charge is 0.394 e. The number of hydrogen-bond acceptors (Lipinski definition) is 3. The smallest absolute Gasteiger partial charge is 0.220 e. The Morgan fingerprint density at radius 2 is 0.444 bits per heavy atom. The van der Waals surface area contributed by atoms with Crippen molar-refractivity contribution in [1.82, 2.24) is 5.32 Å². The van der Waals surface area contributed by atoms with Crippen LogP contribution >= 0.6 is 0 Å². The van der Waals surface area contributed by atoms with E-state index in [2.05, 4.69) is 19.2 Å². The van der Waals surface area contributed by atoms with Gasteiger partial charge in [0.2, 0.25) is 5.91 Å². The average molecular weight is 1020 g/mol. The third kappa shape index (κ3) is 60.3. The summed E-state index contributed by atoms with van der Waals surface area (Å²) in [7, 11) is 0. The van der Waals surface area contributed by atoms with Gasteiger partial charge in [-0.1, -0.05) is 393 Å². The van der Waals surface area contributed by atoms with Crippen molar-refractivity contribution in [2.75, 3.05) is 6.61 Å². The minimum Gasteiger partial charge on any atom is -0.394 e. The van der Waals surface area contributed by atoms with Crippen LogP contribution in [0.15, 0.2) is 0 Å². The van der Waals surface area contributed by atoms with E-state index in [1.807, 2.05) is 0 Å². The molecular formula is C68H137NO3. The van der Waals surface area contributed by atoms with Crippen LogP contribution in [-0.2, 0) is 4.79 Å². The molecule has 432 valence electrons. The highest BCUT2D eigenvalue weighted by molar-refractivity contribution is 5.76. The second kappa shape index (κ2) is 64.7. The zero-order chi connectivity index (χ0) is 52.0. The summed E-state index contributed by atoms with van der Waals surface area (Å²) < 4.78 is 0. The van der Waals surface area contributed by atoms with Crippen LogP contribution in [0.2, 0.25) is 0 Å². The Kier molecular flexibility index (Phi) is 64.1. The van der Waals surface area contributed by atoms with E-state index in [0.717, 1.165) is 25.7 Å². The lowest BCUT2D eigenvalue weighted by atomic mass is 10.0.